The maximum Gasteiger partial charge on any atom is 0.167 e. The average molecular weight is 384 g/mol. The van der Waals surface area contributed by atoms with Crippen molar-refractivity contribution in [3.8, 4) is 0 Å². The van der Waals surface area contributed by atoms with E-state index < -0.39 is 0 Å². The van der Waals surface area contributed by atoms with Crippen molar-refractivity contribution in [1.29, 1.82) is 0 Å². The molecule has 1 unspecified atom stereocenters. The predicted molar refractivity (Wildman–Crippen MR) is 114 cm³/mol. The van der Waals surface area contributed by atoms with E-state index in [1.54, 1.807) is 0 Å². The molecular weight excluding hydrogens is 354 g/mol. The van der Waals surface area contributed by atoms with Gasteiger partial charge >= 0.3 is 0 Å². The van der Waals surface area contributed by atoms with E-state index in [0.29, 0.717) is 17.5 Å². The first kappa shape index (κ1) is 20.1. The highest BCUT2D eigenvalue weighted by Gasteiger charge is 2.26. The number of benzene rings is 2. The fourth-order valence-corrected chi connectivity index (χ4v) is 4.40. The number of carbonyl (C=O) groups is 1. The molecule has 0 heterocycles. The van der Waals surface area contributed by atoms with Gasteiger partial charge in [0.2, 0.25) is 0 Å². The molecule has 2 aromatic carbocycles. The summed E-state index contributed by atoms with van der Waals surface area (Å²) in [6.45, 7) is 6.80. The second-order valence-corrected chi connectivity index (χ2v) is 8.04. The Morgan fingerprint density at radius 1 is 1.07 bits per heavy atom. The van der Waals surface area contributed by atoms with Crippen LogP contribution in [0.25, 0.3) is 0 Å². The lowest BCUT2D eigenvalue weighted by atomic mass is 9.83. The Kier molecular flexibility index (Phi) is 7.09. The maximum absolute atomic E-state index is 13.1. The minimum Gasteiger partial charge on any atom is -0.300 e. The molecule has 0 N–H and O–H groups in total. The normalized spacial score (nSPS) is 16.4. The largest absolute Gasteiger partial charge is 0.300 e. The van der Waals surface area contributed by atoms with Crippen LogP contribution in [0.1, 0.15) is 60.2 Å². The molecule has 3 heteroatoms. The molecule has 0 spiro atoms. The molecule has 2 nitrogen and oxygen atoms in total. The summed E-state index contributed by atoms with van der Waals surface area (Å²) in [6.07, 6.45) is 6.07. The van der Waals surface area contributed by atoms with E-state index in [0.717, 1.165) is 37.1 Å². The Morgan fingerprint density at radius 3 is 2.44 bits per heavy atom. The number of fused-ring (bicyclic) bond motifs is 1. The highest BCUT2D eigenvalue weighted by atomic mass is 35.5. The molecule has 0 saturated carbocycles. The van der Waals surface area contributed by atoms with Gasteiger partial charge in [-0.2, -0.15) is 0 Å². The van der Waals surface area contributed by atoms with Crippen LogP contribution >= 0.6 is 11.6 Å². The number of hydrogen-bond donors (Lipinski definition) is 0. The van der Waals surface area contributed by atoms with Gasteiger partial charge in [-0.3, -0.25) is 4.79 Å². The summed E-state index contributed by atoms with van der Waals surface area (Å²) in [4.78, 5) is 15.7. The van der Waals surface area contributed by atoms with Gasteiger partial charge in [0.25, 0.3) is 0 Å². The van der Waals surface area contributed by atoms with Crippen molar-refractivity contribution in [2.75, 3.05) is 13.1 Å². The third kappa shape index (κ3) is 5.00. The number of hydrogen-bond acceptors (Lipinski definition) is 2. The van der Waals surface area contributed by atoms with E-state index in [2.05, 4.69) is 24.8 Å². The molecule has 2 aromatic rings. The van der Waals surface area contributed by atoms with Crippen molar-refractivity contribution in [3.63, 3.8) is 0 Å². The molecule has 0 saturated heterocycles. The number of carbonyl (C=O) groups excluding carboxylic acids is 1. The summed E-state index contributed by atoms with van der Waals surface area (Å²) < 4.78 is 0. The van der Waals surface area contributed by atoms with Crippen LogP contribution in [0.15, 0.2) is 42.5 Å². The maximum atomic E-state index is 13.1. The molecule has 1 aliphatic rings. The predicted octanol–water partition coefficient (Wildman–Crippen LogP) is 5.74. The molecule has 0 radical (unpaired) electrons. The summed E-state index contributed by atoms with van der Waals surface area (Å²) in [5, 5.41) is 0.707. The quantitative estimate of drug-likeness (QED) is 0.541. The summed E-state index contributed by atoms with van der Waals surface area (Å²) in [5.74, 6) is 0.215. The topological polar surface area (TPSA) is 20.3 Å². The second kappa shape index (κ2) is 9.52. The summed E-state index contributed by atoms with van der Waals surface area (Å²) >= 11 is 5.97. The molecule has 27 heavy (non-hydrogen) atoms. The summed E-state index contributed by atoms with van der Waals surface area (Å²) in [5.41, 5.74) is 4.58. The van der Waals surface area contributed by atoms with Gasteiger partial charge in [0.1, 0.15) is 0 Å². The van der Waals surface area contributed by atoms with Gasteiger partial charge in [-0.25, -0.2) is 0 Å². The van der Waals surface area contributed by atoms with Gasteiger partial charge in [-0.15, -0.1) is 0 Å². The van der Waals surface area contributed by atoms with Gasteiger partial charge in [-0.05, 0) is 74.0 Å². The fourth-order valence-electron chi connectivity index (χ4n) is 4.28. The SMILES string of the molecule is CCCN(CCC)C1CCc2cccc(C(=O)Cc3ccc(Cl)cc3)c2C1. The van der Waals surface area contributed by atoms with Crippen molar-refractivity contribution in [1.82, 2.24) is 4.90 Å². The Hall–Kier alpha value is -1.64. The first-order valence-corrected chi connectivity index (χ1v) is 10.6. The van der Waals surface area contributed by atoms with Crippen LogP contribution < -0.4 is 0 Å². The molecule has 144 valence electrons. The van der Waals surface area contributed by atoms with E-state index in [1.165, 1.54) is 30.4 Å². The van der Waals surface area contributed by atoms with Crippen LogP contribution in [-0.4, -0.2) is 29.8 Å². The number of nitrogens with zero attached hydrogens (tertiary/aromatic N) is 1. The number of Topliss-reactive ketones (excluding diaryl/α,β-unsaturated/α-hetero) is 1. The number of aryl methyl sites for hydroxylation is 1. The highest BCUT2D eigenvalue weighted by molar-refractivity contribution is 6.30. The summed E-state index contributed by atoms with van der Waals surface area (Å²) in [7, 11) is 0. The lowest BCUT2D eigenvalue weighted by molar-refractivity contribution is 0.0990. The van der Waals surface area contributed by atoms with Crippen molar-refractivity contribution in [3.05, 3.63) is 69.7 Å². The smallest absolute Gasteiger partial charge is 0.167 e. The van der Waals surface area contributed by atoms with E-state index in [4.69, 9.17) is 11.6 Å². The minimum absolute atomic E-state index is 0.215. The zero-order valence-electron chi connectivity index (χ0n) is 16.5. The first-order chi connectivity index (χ1) is 13.1. The third-order valence-electron chi connectivity index (χ3n) is 5.58. The zero-order chi connectivity index (χ0) is 19.2. The van der Waals surface area contributed by atoms with Crippen LogP contribution in [0.5, 0.6) is 0 Å². The third-order valence-corrected chi connectivity index (χ3v) is 5.83. The number of ketones is 1. The Balaban J connectivity index is 1.80. The molecule has 0 aliphatic heterocycles. The van der Waals surface area contributed by atoms with Gasteiger partial charge < -0.3 is 4.90 Å². The van der Waals surface area contributed by atoms with Crippen LogP contribution in [0.3, 0.4) is 0 Å². The molecule has 0 fully saturated rings. The zero-order valence-corrected chi connectivity index (χ0v) is 17.3. The minimum atomic E-state index is 0.215. The number of rotatable bonds is 8. The van der Waals surface area contributed by atoms with Crippen LogP contribution in [0.4, 0.5) is 0 Å². The van der Waals surface area contributed by atoms with Gasteiger partial charge in [-0.1, -0.05) is 55.8 Å². The Labute approximate surface area is 168 Å². The van der Waals surface area contributed by atoms with Gasteiger partial charge in [0, 0.05) is 23.0 Å². The van der Waals surface area contributed by atoms with Crippen LogP contribution in [-0.2, 0) is 19.3 Å². The van der Waals surface area contributed by atoms with E-state index in [1.807, 2.05) is 36.4 Å². The Morgan fingerprint density at radius 2 is 1.78 bits per heavy atom. The van der Waals surface area contributed by atoms with E-state index in [-0.39, 0.29) is 5.78 Å². The molecule has 0 amide bonds. The Bertz CT molecular complexity index is 762. The van der Waals surface area contributed by atoms with E-state index >= 15 is 0 Å². The summed E-state index contributed by atoms with van der Waals surface area (Å²) in [6, 6.07) is 14.4. The van der Waals surface area contributed by atoms with Crippen molar-refractivity contribution in [2.45, 2.75) is 58.4 Å². The van der Waals surface area contributed by atoms with Crippen molar-refractivity contribution in [2.24, 2.45) is 0 Å². The first-order valence-electron chi connectivity index (χ1n) is 10.2. The molecule has 0 aromatic heterocycles. The molecule has 1 aliphatic carbocycles. The monoisotopic (exact) mass is 383 g/mol. The lowest BCUT2D eigenvalue weighted by Crippen LogP contribution is -2.40. The van der Waals surface area contributed by atoms with Crippen molar-refractivity contribution < 1.29 is 4.79 Å². The van der Waals surface area contributed by atoms with Crippen LogP contribution in [0, 0.1) is 0 Å². The molecule has 0 bridgehead atoms. The van der Waals surface area contributed by atoms with E-state index in [9.17, 15) is 4.79 Å². The standard InChI is InChI=1S/C24H30ClNO/c1-3-14-26(15-4-2)21-13-10-19-6-5-7-22(23(19)17-21)24(27)16-18-8-11-20(25)12-9-18/h5-9,11-12,21H,3-4,10,13-17H2,1-2H3. The number of halogens is 1. The lowest BCUT2D eigenvalue weighted by Gasteiger charge is -2.35. The van der Waals surface area contributed by atoms with Crippen LogP contribution in [0.2, 0.25) is 5.02 Å². The fraction of sp³-hybridized carbons (Fsp3) is 0.458. The molecule has 1 atom stereocenters. The second-order valence-electron chi connectivity index (χ2n) is 7.60. The molecular formula is C24H30ClNO. The van der Waals surface area contributed by atoms with Gasteiger partial charge in [0.15, 0.2) is 5.78 Å². The highest BCUT2D eigenvalue weighted by Crippen LogP contribution is 2.28. The van der Waals surface area contributed by atoms with Gasteiger partial charge in [0.05, 0.1) is 0 Å². The molecule has 3 rings (SSSR count). The van der Waals surface area contributed by atoms with Crippen molar-refractivity contribution >= 4 is 17.4 Å². The average Bonchev–Trinajstić information content (AvgIpc) is 2.68.